The second-order valence-electron chi connectivity index (χ2n) is 8.24. The van der Waals surface area contributed by atoms with Gasteiger partial charge >= 0.3 is 0 Å². The molecule has 0 spiro atoms. The van der Waals surface area contributed by atoms with Gasteiger partial charge in [-0.25, -0.2) is 13.4 Å². The summed E-state index contributed by atoms with van der Waals surface area (Å²) < 4.78 is 27.2. The first-order chi connectivity index (χ1) is 14.1. The topological polar surface area (TPSA) is 58.4 Å². The molecule has 4 rings (SSSR count). The van der Waals surface area contributed by atoms with Crippen LogP contribution in [0.3, 0.4) is 0 Å². The van der Waals surface area contributed by atoms with Gasteiger partial charge in [0.2, 0.25) is 15.0 Å². The third-order valence-electron chi connectivity index (χ3n) is 6.31. The first-order valence-corrected chi connectivity index (χ1v) is 12.5. The highest BCUT2D eigenvalue weighted by Gasteiger charge is 2.31. The number of hydrogen-bond donors (Lipinski definition) is 0. The lowest BCUT2D eigenvalue weighted by molar-refractivity contribution is 0.0973. The van der Waals surface area contributed by atoms with Crippen LogP contribution in [0.1, 0.15) is 37.4 Å². The summed E-state index contributed by atoms with van der Waals surface area (Å²) in [5, 5.41) is 0.238. The first kappa shape index (κ1) is 20.6. The largest absolute Gasteiger partial charge is 0.318 e. The average Bonchev–Trinajstić information content (AvgIpc) is 3.36. The van der Waals surface area contributed by atoms with Gasteiger partial charge in [0, 0.05) is 38.8 Å². The van der Waals surface area contributed by atoms with Crippen LogP contribution < -0.4 is 0 Å². The van der Waals surface area contributed by atoms with Gasteiger partial charge in [0.05, 0.1) is 17.6 Å². The zero-order valence-electron chi connectivity index (χ0n) is 17.3. The third kappa shape index (κ3) is 4.73. The van der Waals surface area contributed by atoms with Gasteiger partial charge in [-0.2, -0.15) is 0 Å². The van der Waals surface area contributed by atoms with Crippen LogP contribution in [0.4, 0.5) is 0 Å². The van der Waals surface area contributed by atoms with Gasteiger partial charge in [0.25, 0.3) is 0 Å². The summed E-state index contributed by atoms with van der Waals surface area (Å²) in [6, 6.07) is 11.0. The summed E-state index contributed by atoms with van der Waals surface area (Å²) >= 11 is 0. The number of hydrogen-bond acceptors (Lipinski definition) is 5. The number of aryl methyl sites for hydroxylation is 1. The van der Waals surface area contributed by atoms with E-state index in [1.165, 1.54) is 24.9 Å². The molecule has 2 saturated heterocycles. The third-order valence-corrected chi connectivity index (χ3v) is 7.95. The molecule has 2 aliphatic rings. The van der Waals surface area contributed by atoms with Crippen LogP contribution in [0.2, 0.25) is 0 Å². The fraction of sp³-hybridized carbons (Fsp3) is 0.591. The minimum atomic E-state index is -3.33. The Balaban J connectivity index is 1.48. The lowest BCUT2D eigenvalue weighted by Crippen LogP contribution is -2.49. The van der Waals surface area contributed by atoms with E-state index in [1.807, 2.05) is 22.8 Å². The summed E-state index contributed by atoms with van der Waals surface area (Å²) in [5.74, 6) is 0.0862. The van der Waals surface area contributed by atoms with E-state index in [1.54, 1.807) is 13.1 Å². The van der Waals surface area contributed by atoms with E-state index in [2.05, 4.69) is 26.9 Å². The maximum Gasteiger partial charge on any atom is 0.227 e. The first-order valence-electron chi connectivity index (χ1n) is 10.8. The van der Waals surface area contributed by atoms with Gasteiger partial charge < -0.3 is 4.57 Å². The Labute approximate surface area is 174 Å². The molecule has 6 nitrogen and oxygen atoms in total. The van der Waals surface area contributed by atoms with E-state index in [0.29, 0.717) is 12.6 Å². The fourth-order valence-electron chi connectivity index (χ4n) is 4.65. The Bertz CT molecular complexity index is 910. The van der Waals surface area contributed by atoms with E-state index in [9.17, 15) is 8.42 Å². The number of rotatable bonds is 8. The normalized spacial score (nSPS) is 20.8. The number of piperazine rings is 1. The molecule has 158 valence electrons. The van der Waals surface area contributed by atoms with Crippen molar-refractivity contribution in [2.24, 2.45) is 0 Å². The molecule has 0 amide bonds. The summed E-state index contributed by atoms with van der Waals surface area (Å²) in [4.78, 5) is 9.42. The maximum absolute atomic E-state index is 12.6. The summed E-state index contributed by atoms with van der Waals surface area (Å²) in [7, 11) is -3.33. The number of fused-ring (bicyclic) bond motifs is 1. The molecule has 29 heavy (non-hydrogen) atoms. The zero-order valence-corrected chi connectivity index (χ0v) is 18.1. The van der Waals surface area contributed by atoms with E-state index in [4.69, 9.17) is 0 Å². The van der Waals surface area contributed by atoms with Crippen molar-refractivity contribution in [2.45, 2.75) is 56.9 Å². The number of imidazole rings is 1. The predicted octanol–water partition coefficient (Wildman–Crippen LogP) is 2.59. The van der Waals surface area contributed by atoms with Crippen LogP contribution in [0.15, 0.2) is 41.7 Å². The van der Waals surface area contributed by atoms with Crippen molar-refractivity contribution >= 4 is 9.84 Å². The van der Waals surface area contributed by atoms with Gasteiger partial charge in [-0.05, 0) is 37.8 Å². The second kappa shape index (κ2) is 8.98. The molecule has 0 bridgehead atoms. The highest BCUT2D eigenvalue weighted by atomic mass is 32.2. The van der Waals surface area contributed by atoms with Crippen LogP contribution in [0.5, 0.6) is 0 Å². The van der Waals surface area contributed by atoms with E-state index in [0.717, 1.165) is 44.7 Å². The van der Waals surface area contributed by atoms with Crippen molar-refractivity contribution in [3.63, 3.8) is 0 Å². The van der Waals surface area contributed by atoms with Gasteiger partial charge in [-0.3, -0.25) is 9.80 Å². The van der Waals surface area contributed by atoms with Crippen molar-refractivity contribution in [3.05, 3.63) is 47.8 Å². The predicted molar refractivity (Wildman–Crippen MR) is 115 cm³/mol. The fourth-order valence-corrected chi connectivity index (χ4v) is 5.66. The summed E-state index contributed by atoms with van der Waals surface area (Å²) in [5.41, 5.74) is 2.31. The lowest BCUT2D eigenvalue weighted by atomic mass is 10.1. The molecule has 2 fully saturated rings. The molecule has 2 aromatic rings. The van der Waals surface area contributed by atoms with Crippen molar-refractivity contribution in [1.29, 1.82) is 0 Å². The zero-order chi connectivity index (χ0) is 20.3. The van der Waals surface area contributed by atoms with Crippen molar-refractivity contribution in [3.8, 4) is 0 Å². The molecular formula is C22H32N4O2S. The van der Waals surface area contributed by atoms with E-state index < -0.39 is 9.84 Å². The Morgan fingerprint density at radius 1 is 1.14 bits per heavy atom. The second-order valence-corrected chi connectivity index (χ2v) is 10.4. The van der Waals surface area contributed by atoms with Crippen molar-refractivity contribution in [1.82, 2.24) is 19.4 Å². The summed E-state index contributed by atoms with van der Waals surface area (Å²) in [6.45, 7) is 7.62. The Morgan fingerprint density at radius 3 is 2.76 bits per heavy atom. The Hall–Kier alpha value is -1.70. The van der Waals surface area contributed by atoms with E-state index in [-0.39, 0.29) is 10.9 Å². The molecule has 7 heteroatoms. The molecule has 2 aliphatic heterocycles. The summed E-state index contributed by atoms with van der Waals surface area (Å²) in [6.07, 6.45) is 6.20. The van der Waals surface area contributed by atoms with Gasteiger partial charge in [-0.1, -0.05) is 37.3 Å². The lowest BCUT2D eigenvalue weighted by Gasteiger charge is -2.37. The highest BCUT2D eigenvalue weighted by Crippen LogP contribution is 2.23. The SMILES string of the molecule is CCS(=O)(=O)c1ncc(CN2CCN3CCC[C@@H]3C2)n1CCCc1ccccc1. The van der Waals surface area contributed by atoms with Gasteiger partial charge in [0.15, 0.2) is 0 Å². The minimum Gasteiger partial charge on any atom is -0.318 e. The smallest absolute Gasteiger partial charge is 0.227 e. The van der Waals surface area contributed by atoms with Crippen LogP contribution in [0, 0.1) is 0 Å². The Kier molecular flexibility index (Phi) is 6.37. The van der Waals surface area contributed by atoms with Gasteiger partial charge in [-0.15, -0.1) is 0 Å². The molecule has 1 atom stereocenters. The number of aromatic nitrogens is 2. The molecular weight excluding hydrogens is 384 g/mol. The molecule has 0 N–H and O–H groups in total. The number of nitrogens with zero attached hydrogens (tertiary/aromatic N) is 4. The molecule has 3 heterocycles. The maximum atomic E-state index is 12.6. The number of benzene rings is 1. The van der Waals surface area contributed by atoms with Crippen LogP contribution >= 0.6 is 0 Å². The molecule has 0 radical (unpaired) electrons. The molecule has 0 aliphatic carbocycles. The minimum absolute atomic E-state index is 0.0862. The molecule has 1 aromatic carbocycles. The monoisotopic (exact) mass is 416 g/mol. The highest BCUT2D eigenvalue weighted by molar-refractivity contribution is 7.91. The van der Waals surface area contributed by atoms with Crippen LogP contribution in [0.25, 0.3) is 0 Å². The molecule has 0 unspecified atom stereocenters. The quantitative estimate of drug-likeness (QED) is 0.662. The average molecular weight is 417 g/mol. The van der Waals surface area contributed by atoms with Crippen molar-refractivity contribution < 1.29 is 8.42 Å². The number of sulfone groups is 1. The van der Waals surface area contributed by atoms with Crippen LogP contribution in [-0.4, -0.2) is 65.7 Å². The van der Waals surface area contributed by atoms with E-state index >= 15 is 0 Å². The standard InChI is InChI=1S/C22H32N4O2S/c1-2-29(27,28)22-23-16-21(18-24-14-15-25-12-7-11-20(25)17-24)26(22)13-6-10-19-8-4-3-5-9-19/h3-5,8-9,16,20H,2,6-7,10-15,17-18H2,1H3/t20-/m1/s1. The Morgan fingerprint density at radius 2 is 1.97 bits per heavy atom. The molecule has 1 aromatic heterocycles. The van der Waals surface area contributed by atoms with Gasteiger partial charge in [0.1, 0.15) is 0 Å². The molecule has 0 saturated carbocycles. The van der Waals surface area contributed by atoms with Crippen molar-refractivity contribution in [2.75, 3.05) is 31.9 Å². The van der Waals surface area contributed by atoms with Crippen LogP contribution in [-0.2, 0) is 29.3 Å².